The summed E-state index contributed by atoms with van der Waals surface area (Å²) in [5, 5.41) is 11.3. The van der Waals surface area contributed by atoms with Gasteiger partial charge in [0.25, 0.3) is 5.91 Å². The van der Waals surface area contributed by atoms with Gasteiger partial charge in [0.05, 0.1) is 6.42 Å². The van der Waals surface area contributed by atoms with Gasteiger partial charge in [-0.3, -0.25) is 14.4 Å². The SMILES string of the molecule is CC(=O)Nc1ccc(NC(=O)C/C(C)=N\NC(=O)c2cccc3ccccc23)cc1. The molecule has 7 heteroatoms. The highest BCUT2D eigenvalue weighted by molar-refractivity contribution is 6.08. The van der Waals surface area contributed by atoms with Crippen LogP contribution in [0, 0.1) is 0 Å². The molecular formula is C23H22N4O3. The molecule has 0 bridgehead atoms. The van der Waals surface area contributed by atoms with E-state index in [1.54, 1.807) is 37.3 Å². The first-order valence-electron chi connectivity index (χ1n) is 9.41. The second kappa shape index (κ2) is 9.47. The Kier molecular flexibility index (Phi) is 6.54. The second-order valence-corrected chi connectivity index (χ2v) is 6.80. The molecule has 3 aromatic rings. The highest BCUT2D eigenvalue weighted by Gasteiger charge is 2.10. The third-order valence-electron chi connectivity index (χ3n) is 4.29. The minimum Gasteiger partial charge on any atom is -0.326 e. The van der Waals surface area contributed by atoms with Gasteiger partial charge < -0.3 is 10.6 Å². The number of nitrogens with zero attached hydrogens (tertiary/aromatic N) is 1. The summed E-state index contributed by atoms with van der Waals surface area (Å²) in [7, 11) is 0. The van der Waals surface area contributed by atoms with Crippen molar-refractivity contribution in [1.29, 1.82) is 0 Å². The molecule has 3 N–H and O–H groups in total. The summed E-state index contributed by atoms with van der Waals surface area (Å²) in [5.41, 5.74) is 4.75. The largest absolute Gasteiger partial charge is 0.326 e. The normalized spacial score (nSPS) is 11.1. The molecule has 0 unspecified atom stereocenters. The van der Waals surface area contributed by atoms with Gasteiger partial charge in [0.2, 0.25) is 11.8 Å². The molecule has 0 aliphatic carbocycles. The van der Waals surface area contributed by atoms with Crippen LogP contribution in [0.2, 0.25) is 0 Å². The molecule has 30 heavy (non-hydrogen) atoms. The number of carbonyl (C=O) groups is 3. The van der Waals surface area contributed by atoms with Crippen LogP contribution in [0.1, 0.15) is 30.6 Å². The lowest BCUT2D eigenvalue weighted by atomic mass is 10.0. The molecule has 3 amide bonds. The molecule has 0 atom stereocenters. The predicted octanol–water partition coefficient (Wildman–Crippen LogP) is 3.93. The number of amides is 3. The molecule has 0 heterocycles. The number of carbonyl (C=O) groups excluding carboxylic acids is 3. The lowest BCUT2D eigenvalue weighted by Crippen LogP contribution is -2.21. The van der Waals surface area contributed by atoms with Crippen LogP contribution in [-0.4, -0.2) is 23.4 Å². The lowest BCUT2D eigenvalue weighted by molar-refractivity contribution is -0.115. The smallest absolute Gasteiger partial charge is 0.271 e. The third kappa shape index (κ3) is 5.51. The average Bonchev–Trinajstić information content (AvgIpc) is 2.72. The fraction of sp³-hybridized carbons (Fsp3) is 0.130. The van der Waals surface area contributed by atoms with E-state index < -0.39 is 0 Å². The number of hydrogen-bond acceptors (Lipinski definition) is 4. The number of fused-ring (bicyclic) bond motifs is 1. The summed E-state index contributed by atoms with van der Waals surface area (Å²) in [6.45, 7) is 3.10. The molecule has 3 aromatic carbocycles. The minimum atomic E-state index is -0.333. The summed E-state index contributed by atoms with van der Waals surface area (Å²) in [4.78, 5) is 35.7. The number of nitrogens with one attached hydrogen (secondary N) is 3. The topological polar surface area (TPSA) is 99.7 Å². The summed E-state index contributed by atoms with van der Waals surface area (Å²) < 4.78 is 0. The van der Waals surface area contributed by atoms with Crippen LogP contribution in [0.4, 0.5) is 11.4 Å². The Morgan fingerprint density at radius 1 is 0.800 bits per heavy atom. The van der Waals surface area contributed by atoms with Crippen LogP contribution in [0.3, 0.4) is 0 Å². The molecule has 0 aliphatic heterocycles. The van der Waals surface area contributed by atoms with Crippen LogP contribution in [0.25, 0.3) is 10.8 Å². The Bertz CT molecular complexity index is 1120. The molecule has 152 valence electrons. The van der Waals surface area contributed by atoms with Crippen molar-refractivity contribution in [3.63, 3.8) is 0 Å². The number of benzene rings is 3. The zero-order chi connectivity index (χ0) is 21.5. The molecule has 3 rings (SSSR count). The van der Waals surface area contributed by atoms with Crippen LogP contribution < -0.4 is 16.1 Å². The summed E-state index contributed by atoms with van der Waals surface area (Å²) in [6, 6.07) is 19.9. The molecule has 0 spiro atoms. The molecule has 0 radical (unpaired) electrons. The standard InChI is InChI=1S/C23H22N4O3/c1-15(14-22(29)25-19-12-10-18(11-13-19)24-16(2)28)26-27-23(30)21-9-5-7-17-6-3-4-8-20(17)21/h3-13H,14H2,1-2H3,(H,24,28)(H,25,29)(H,27,30)/b26-15-. The molecule has 7 nitrogen and oxygen atoms in total. The molecule has 0 saturated carbocycles. The molecule has 0 saturated heterocycles. The van der Waals surface area contributed by atoms with E-state index in [0.29, 0.717) is 22.6 Å². The maximum absolute atomic E-state index is 12.5. The van der Waals surface area contributed by atoms with E-state index in [0.717, 1.165) is 10.8 Å². The van der Waals surface area contributed by atoms with Crippen molar-refractivity contribution in [2.45, 2.75) is 20.3 Å². The van der Waals surface area contributed by atoms with E-state index >= 15 is 0 Å². The number of rotatable bonds is 6. The average molecular weight is 402 g/mol. The number of hydrogen-bond donors (Lipinski definition) is 3. The first kappa shape index (κ1) is 20.7. The van der Waals surface area contributed by atoms with E-state index in [1.165, 1.54) is 6.92 Å². The van der Waals surface area contributed by atoms with Gasteiger partial charge in [-0.05, 0) is 48.0 Å². The summed E-state index contributed by atoms with van der Waals surface area (Å²) >= 11 is 0. The van der Waals surface area contributed by atoms with Gasteiger partial charge in [-0.1, -0.05) is 36.4 Å². The second-order valence-electron chi connectivity index (χ2n) is 6.80. The first-order valence-corrected chi connectivity index (χ1v) is 9.41. The van der Waals surface area contributed by atoms with Gasteiger partial charge in [0, 0.05) is 29.6 Å². The molecule has 0 aliphatic rings. The van der Waals surface area contributed by atoms with E-state index in [1.807, 2.05) is 36.4 Å². The Balaban J connectivity index is 1.57. The Morgan fingerprint density at radius 3 is 2.13 bits per heavy atom. The summed E-state index contributed by atoms with van der Waals surface area (Å²) in [6.07, 6.45) is 0.0310. The van der Waals surface area contributed by atoms with Gasteiger partial charge in [-0.15, -0.1) is 0 Å². The highest BCUT2D eigenvalue weighted by Crippen LogP contribution is 2.18. The van der Waals surface area contributed by atoms with Crippen LogP contribution in [0.5, 0.6) is 0 Å². The van der Waals surface area contributed by atoms with Crippen molar-refractivity contribution < 1.29 is 14.4 Å². The van der Waals surface area contributed by atoms with Gasteiger partial charge >= 0.3 is 0 Å². The monoisotopic (exact) mass is 402 g/mol. The molecular weight excluding hydrogens is 380 g/mol. The quantitative estimate of drug-likeness (QED) is 0.430. The van der Waals surface area contributed by atoms with E-state index in [4.69, 9.17) is 0 Å². The summed E-state index contributed by atoms with van der Waals surface area (Å²) in [5.74, 6) is -0.757. The fourth-order valence-corrected chi connectivity index (χ4v) is 2.95. The maximum atomic E-state index is 12.5. The highest BCUT2D eigenvalue weighted by atomic mass is 16.2. The molecule has 0 aromatic heterocycles. The lowest BCUT2D eigenvalue weighted by Gasteiger charge is -2.08. The maximum Gasteiger partial charge on any atom is 0.271 e. The van der Waals surface area contributed by atoms with Crippen LogP contribution in [-0.2, 0) is 9.59 Å². The van der Waals surface area contributed by atoms with E-state index in [-0.39, 0.29) is 24.1 Å². The van der Waals surface area contributed by atoms with Crippen molar-refractivity contribution in [3.05, 3.63) is 72.3 Å². The predicted molar refractivity (Wildman–Crippen MR) is 119 cm³/mol. The zero-order valence-electron chi connectivity index (χ0n) is 16.7. The Hall–Kier alpha value is -4.00. The number of hydrazone groups is 1. The van der Waals surface area contributed by atoms with E-state index in [2.05, 4.69) is 21.2 Å². The third-order valence-corrected chi connectivity index (χ3v) is 4.29. The first-order chi connectivity index (χ1) is 14.4. The van der Waals surface area contributed by atoms with E-state index in [9.17, 15) is 14.4 Å². The van der Waals surface area contributed by atoms with Gasteiger partial charge in [-0.25, -0.2) is 5.43 Å². The fourth-order valence-electron chi connectivity index (χ4n) is 2.95. The molecule has 0 fully saturated rings. The Labute approximate surface area is 174 Å². The van der Waals surface area contributed by atoms with Crippen LogP contribution in [0.15, 0.2) is 71.8 Å². The Morgan fingerprint density at radius 2 is 1.43 bits per heavy atom. The van der Waals surface area contributed by atoms with Gasteiger partial charge in [0.1, 0.15) is 0 Å². The van der Waals surface area contributed by atoms with Crippen molar-refractivity contribution in [3.8, 4) is 0 Å². The zero-order valence-corrected chi connectivity index (χ0v) is 16.7. The van der Waals surface area contributed by atoms with Crippen molar-refractivity contribution in [2.75, 3.05) is 10.6 Å². The number of anilines is 2. The van der Waals surface area contributed by atoms with Gasteiger partial charge in [0.15, 0.2) is 0 Å². The van der Waals surface area contributed by atoms with Crippen molar-refractivity contribution in [1.82, 2.24) is 5.43 Å². The van der Waals surface area contributed by atoms with Crippen molar-refractivity contribution in [2.24, 2.45) is 5.10 Å². The minimum absolute atomic E-state index is 0.0310. The van der Waals surface area contributed by atoms with Gasteiger partial charge in [-0.2, -0.15) is 5.10 Å². The van der Waals surface area contributed by atoms with Crippen molar-refractivity contribution >= 4 is 45.6 Å². The van der Waals surface area contributed by atoms with Crippen LogP contribution >= 0.6 is 0 Å².